The number of rotatable bonds is 6. The minimum Gasteiger partial charge on any atom is -0.396 e. The lowest BCUT2D eigenvalue weighted by Gasteiger charge is -2.13. The number of carbonyl (C=O) groups is 1. The molecule has 0 saturated carbocycles. The van der Waals surface area contributed by atoms with Gasteiger partial charge >= 0.3 is 0 Å². The molecule has 0 aliphatic rings. The van der Waals surface area contributed by atoms with Gasteiger partial charge in [-0.15, -0.1) is 0 Å². The summed E-state index contributed by atoms with van der Waals surface area (Å²) in [5, 5.41) is 22.7. The van der Waals surface area contributed by atoms with Crippen molar-refractivity contribution in [1.82, 2.24) is 9.78 Å². The van der Waals surface area contributed by atoms with Crippen LogP contribution in [0.2, 0.25) is 0 Å². The average Bonchev–Trinajstić information content (AvgIpc) is 3.06. The highest BCUT2D eigenvalue weighted by molar-refractivity contribution is 6.45. The number of aliphatic hydroxyl groups is 1. The van der Waals surface area contributed by atoms with Gasteiger partial charge in [0.2, 0.25) is 5.78 Å². The van der Waals surface area contributed by atoms with E-state index in [1.54, 1.807) is 29.1 Å². The molecule has 121 valence electrons. The highest BCUT2D eigenvalue weighted by atomic mass is 16.3. The van der Waals surface area contributed by atoms with Crippen molar-refractivity contribution < 1.29 is 9.90 Å². The molecular weight excluding hydrogens is 302 g/mol. The van der Waals surface area contributed by atoms with Crippen LogP contribution in [0.1, 0.15) is 23.7 Å². The fourth-order valence-electron chi connectivity index (χ4n) is 2.66. The molecule has 3 aromatic rings. The first-order chi connectivity index (χ1) is 11.7. The van der Waals surface area contributed by atoms with E-state index in [-0.39, 0.29) is 18.1 Å². The molecule has 1 aromatic heterocycles. The second kappa shape index (κ2) is 6.76. The predicted molar refractivity (Wildman–Crippen MR) is 92.8 cm³/mol. The van der Waals surface area contributed by atoms with E-state index in [0.29, 0.717) is 12.0 Å². The van der Waals surface area contributed by atoms with Gasteiger partial charge in [0.15, 0.2) is 0 Å². The van der Waals surface area contributed by atoms with Crippen LogP contribution < -0.4 is 0 Å². The van der Waals surface area contributed by atoms with Gasteiger partial charge < -0.3 is 10.5 Å². The van der Waals surface area contributed by atoms with Crippen molar-refractivity contribution in [2.45, 2.75) is 13.3 Å². The summed E-state index contributed by atoms with van der Waals surface area (Å²) < 4.78 is 1.76. The molecular formula is C19H18N3O2. The number of benzene rings is 2. The average molecular weight is 320 g/mol. The Hall–Kier alpha value is -2.79. The number of ketones is 1. The predicted octanol–water partition coefficient (Wildman–Crippen LogP) is 3.05. The number of carbonyl (C=O) groups excluding carboxylic acids is 1. The Morgan fingerprint density at radius 1 is 1.42 bits per heavy atom. The quantitative estimate of drug-likeness (QED) is 0.541. The van der Waals surface area contributed by atoms with Crippen molar-refractivity contribution in [3.05, 3.63) is 60.3 Å². The summed E-state index contributed by atoms with van der Waals surface area (Å²) in [7, 11) is 0. The SMILES string of the molecule is CC[C@@H](CO)C(=N)C(=O)c1cccc(-n2ncc3c[c]ccc32)c1. The number of fused-ring (bicyclic) bond motifs is 1. The molecule has 24 heavy (non-hydrogen) atoms. The van der Waals surface area contributed by atoms with Crippen LogP contribution in [0.15, 0.2) is 48.7 Å². The van der Waals surface area contributed by atoms with E-state index in [1.807, 2.05) is 31.2 Å². The monoisotopic (exact) mass is 320 g/mol. The fourth-order valence-corrected chi connectivity index (χ4v) is 2.66. The lowest BCUT2D eigenvalue weighted by atomic mass is 9.94. The van der Waals surface area contributed by atoms with Gasteiger partial charge in [-0.1, -0.05) is 25.1 Å². The van der Waals surface area contributed by atoms with Crippen LogP contribution in [0, 0.1) is 17.4 Å². The summed E-state index contributed by atoms with van der Waals surface area (Å²) in [6.07, 6.45) is 2.31. The molecule has 2 N–H and O–H groups in total. The lowest BCUT2D eigenvalue weighted by molar-refractivity contribution is 0.105. The van der Waals surface area contributed by atoms with Crippen LogP contribution >= 0.6 is 0 Å². The molecule has 5 heteroatoms. The number of hydrogen-bond acceptors (Lipinski definition) is 4. The fraction of sp³-hybridized carbons (Fsp3) is 0.211. The van der Waals surface area contributed by atoms with E-state index in [4.69, 9.17) is 5.41 Å². The van der Waals surface area contributed by atoms with Gasteiger partial charge in [0.05, 0.1) is 29.7 Å². The van der Waals surface area contributed by atoms with E-state index in [2.05, 4.69) is 11.2 Å². The molecule has 3 rings (SSSR count). The molecule has 0 fully saturated rings. The number of hydrogen-bond donors (Lipinski definition) is 2. The minimum absolute atomic E-state index is 0.0583. The Morgan fingerprint density at radius 2 is 2.25 bits per heavy atom. The van der Waals surface area contributed by atoms with E-state index in [1.165, 1.54) is 0 Å². The van der Waals surface area contributed by atoms with Gasteiger partial charge in [-0.05, 0) is 36.8 Å². The molecule has 1 radical (unpaired) electrons. The van der Waals surface area contributed by atoms with Crippen molar-refractivity contribution in [2.75, 3.05) is 6.61 Å². The summed E-state index contributed by atoms with van der Waals surface area (Å²) in [6.45, 7) is 1.66. The summed E-state index contributed by atoms with van der Waals surface area (Å²) in [6, 6.07) is 15.7. The third-order valence-corrected chi connectivity index (χ3v) is 4.13. The van der Waals surface area contributed by atoms with Gasteiger partial charge in [0.1, 0.15) is 0 Å². The molecule has 0 spiro atoms. The molecule has 1 atom stereocenters. The minimum atomic E-state index is -0.428. The molecule has 0 saturated heterocycles. The van der Waals surface area contributed by atoms with Gasteiger partial charge in [-0.3, -0.25) is 4.79 Å². The molecule has 0 bridgehead atoms. The van der Waals surface area contributed by atoms with E-state index in [9.17, 15) is 9.90 Å². The standard InChI is InChI=1S/C19H18N3O2/c1-2-13(12-23)18(20)19(24)14-7-5-8-16(10-14)22-17-9-4-3-6-15(17)11-21-22/h4-11,13,20,23H,2,12H2,1H3/t13-/m0/s1. The van der Waals surface area contributed by atoms with E-state index < -0.39 is 5.92 Å². The van der Waals surface area contributed by atoms with Crippen molar-refractivity contribution >= 4 is 22.4 Å². The molecule has 1 heterocycles. The molecule has 0 aliphatic carbocycles. The molecule has 2 aromatic carbocycles. The lowest BCUT2D eigenvalue weighted by Crippen LogP contribution is -2.25. The molecule has 0 aliphatic heterocycles. The van der Waals surface area contributed by atoms with E-state index >= 15 is 0 Å². The summed E-state index contributed by atoms with van der Waals surface area (Å²) in [5.74, 6) is -0.787. The summed E-state index contributed by atoms with van der Waals surface area (Å²) >= 11 is 0. The Balaban J connectivity index is 1.98. The zero-order valence-electron chi connectivity index (χ0n) is 13.4. The van der Waals surface area contributed by atoms with Crippen molar-refractivity contribution in [3.63, 3.8) is 0 Å². The first-order valence-electron chi connectivity index (χ1n) is 7.84. The number of aliphatic hydroxyl groups excluding tert-OH is 1. The Bertz CT molecular complexity index is 894. The first kappa shape index (κ1) is 16.1. The highest BCUT2D eigenvalue weighted by Gasteiger charge is 2.21. The van der Waals surface area contributed by atoms with Gasteiger partial charge in [0, 0.05) is 16.9 Å². The largest absolute Gasteiger partial charge is 0.396 e. The number of nitrogens with zero attached hydrogens (tertiary/aromatic N) is 2. The van der Waals surface area contributed by atoms with Crippen LogP contribution in [-0.2, 0) is 0 Å². The summed E-state index contributed by atoms with van der Waals surface area (Å²) in [4.78, 5) is 12.5. The Kier molecular flexibility index (Phi) is 4.53. The maximum atomic E-state index is 12.5. The normalized spacial score (nSPS) is 12.2. The van der Waals surface area contributed by atoms with Gasteiger partial charge in [-0.25, -0.2) is 4.68 Å². The molecule has 0 amide bonds. The third kappa shape index (κ3) is 2.86. The molecule has 0 unspecified atom stereocenters. The van der Waals surface area contributed by atoms with Crippen molar-refractivity contribution in [1.29, 1.82) is 5.41 Å². The second-order valence-electron chi connectivity index (χ2n) is 5.62. The number of nitrogens with one attached hydrogen (secondary N) is 1. The van der Waals surface area contributed by atoms with Crippen molar-refractivity contribution in [3.8, 4) is 5.69 Å². The van der Waals surface area contributed by atoms with Crippen molar-refractivity contribution in [2.24, 2.45) is 5.92 Å². The Labute approximate surface area is 140 Å². The van der Waals surface area contributed by atoms with Crippen LogP contribution in [0.4, 0.5) is 0 Å². The smallest absolute Gasteiger partial charge is 0.206 e. The Morgan fingerprint density at radius 3 is 3.00 bits per heavy atom. The van der Waals surface area contributed by atoms with Crippen LogP contribution in [0.3, 0.4) is 0 Å². The first-order valence-corrected chi connectivity index (χ1v) is 7.84. The maximum absolute atomic E-state index is 12.5. The van der Waals surface area contributed by atoms with Gasteiger partial charge in [0.25, 0.3) is 0 Å². The van der Waals surface area contributed by atoms with Crippen LogP contribution in [-0.4, -0.2) is 33.0 Å². The zero-order valence-corrected chi connectivity index (χ0v) is 13.4. The molecule has 5 nitrogen and oxygen atoms in total. The number of aromatic nitrogens is 2. The van der Waals surface area contributed by atoms with E-state index in [0.717, 1.165) is 16.6 Å². The highest BCUT2D eigenvalue weighted by Crippen LogP contribution is 2.19. The second-order valence-corrected chi connectivity index (χ2v) is 5.62. The topological polar surface area (TPSA) is 79.0 Å². The van der Waals surface area contributed by atoms with Crippen LogP contribution in [0.25, 0.3) is 16.6 Å². The third-order valence-electron chi connectivity index (χ3n) is 4.13. The number of Topliss-reactive ketones (excluding diaryl/α,β-unsaturated/α-hetero) is 1. The van der Waals surface area contributed by atoms with Gasteiger partial charge in [-0.2, -0.15) is 5.10 Å². The summed E-state index contributed by atoms with van der Waals surface area (Å²) in [5.41, 5.74) is 2.05. The zero-order chi connectivity index (χ0) is 17.1. The van der Waals surface area contributed by atoms with Crippen LogP contribution in [0.5, 0.6) is 0 Å². The maximum Gasteiger partial charge on any atom is 0.206 e.